The maximum Gasteiger partial charge on any atom is 0.248 e. The summed E-state index contributed by atoms with van der Waals surface area (Å²) in [6.07, 6.45) is 1.53. The van der Waals surface area contributed by atoms with Gasteiger partial charge in [-0.05, 0) is 42.7 Å². The fraction of sp³-hybridized carbons (Fsp3) is 0.304. The second kappa shape index (κ2) is 8.49. The van der Waals surface area contributed by atoms with Crippen molar-refractivity contribution in [2.75, 3.05) is 36.8 Å². The number of nitrogens with zero attached hydrogens (tertiary/aromatic N) is 4. The van der Waals surface area contributed by atoms with Gasteiger partial charge in [0.1, 0.15) is 17.8 Å². The van der Waals surface area contributed by atoms with Gasteiger partial charge in [-0.3, -0.25) is 4.90 Å². The van der Waals surface area contributed by atoms with Crippen LogP contribution >= 0.6 is 0 Å². The molecule has 0 spiro atoms. The first-order valence-corrected chi connectivity index (χ1v) is 9.96. The number of piperazine rings is 1. The van der Waals surface area contributed by atoms with Crippen LogP contribution in [0.1, 0.15) is 16.7 Å². The summed E-state index contributed by atoms with van der Waals surface area (Å²) in [5, 5.41) is 0. The highest BCUT2D eigenvalue weighted by Crippen LogP contribution is 2.32. The Kier molecular flexibility index (Phi) is 5.62. The van der Waals surface area contributed by atoms with E-state index in [1.54, 1.807) is 0 Å². The molecule has 1 saturated heterocycles. The summed E-state index contributed by atoms with van der Waals surface area (Å²) in [4.78, 5) is 13.4. The SMILES string of the molecule is Cc1cc(C)cc(Oc2ncnc(N3CCN(Cc4ccccc4)CC3)c2N)c1. The van der Waals surface area contributed by atoms with Gasteiger partial charge in [-0.25, -0.2) is 4.98 Å². The quantitative estimate of drug-likeness (QED) is 0.716. The molecule has 29 heavy (non-hydrogen) atoms. The van der Waals surface area contributed by atoms with E-state index in [1.807, 2.05) is 26.0 Å². The number of nitrogens with two attached hydrogens (primary N) is 1. The van der Waals surface area contributed by atoms with E-state index in [0.29, 0.717) is 11.6 Å². The zero-order valence-corrected chi connectivity index (χ0v) is 17.0. The smallest absolute Gasteiger partial charge is 0.248 e. The van der Waals surface area contributed by atoms with Crippen molar-refractivity contribution in [2.45, 2.75) is 20.4 Å². The standard InChI is InChI=1S/C23H27N5O/c1-17-12-18(2)14-20(13-17)29-23-21(24)22(25-16-26-23)28-10-8-27(9-11-28)15-19-6-4-3-5-7-19/h3-7,12-14,16H,8-11,15,24H2,1-2H3. The van der Waals surface area contributed by atoms with Crippen molar-refractivity contribution in [3.8, 4) is 11.6 Å². The average molecular weight is 390 g/mol. The molecule has 6 nitrogen and oxygen atoms in total. The maximum absolute atomic E-state index is 6.39. The summed E-state index contributed by atoms with van der Waals surface area (Å²) in [5.41, 5.74) is 10.5. The molecule has 0 unspecified atom stereocenters. The average Bonchev–Trinajstić information content (AvgIpc) is 2.70. The lowest BCUT2D eigenvalue weighted by atomic mass is 10.1. The van der Waals surface area contributed by atoms with Gasteiger partial charge >= 0.3 is 0 Å². The number of hydrogen-bond donors (Lipinski definition) is 1. The third-order valence-electron chi connectivity index (χ3n) is 5.16. The minimum Gasteiger partial charge on any atom is -0.437 e. The van der Waals surface area contributed by atoms with Crippen molar-refractivity contribution < 1.29 is 4.74 Å². The number of anilines is 2. The van der Waals surface area contributed by atoms with Crippen molar-refractivity contribution in [3.63, 3.8) is 0 Å². The Balaban J connectivity index is 1.44. The fourth-order valence-corrected chi connectivity index (χ4v) is 3.77. The number of aromatic nitrogens is 2. The lowest BCUT2D eigenvalue weighted by Crippen LogP contribution is -2.46. The predicted octanol–water partition coefficient (Wildman–Crippen LogP) is 3.79. The summed E-state index contributed by atoms with van der Waals surface area (Å²) in [7, 11) is 0. The number of hydrogen-bond acceptors (Lipinski definition) is 6. The lowest BCUT2D eigenvalue weighted by molar-refractivity contribution is 0.249. The molecule has 0 saturated carbocycles. The minimum atomic E-state index is 0.409. The van der Waals surface area contributed by atoms with Crippen molar-refractivity contribution in [1.82, 2.24) is 14.9 Å². The molecule has 0 atom stereocenters. The first kappa shape index (κ1) is 19.2. The van der Waals surface area contributed by atoms with Gasteiger partial charge in [-0.15, -0.1) is 0 Å². The van der Waals surface area contributed by atoms with Gasteiger partial charge in [0.15, 0.2) is 5.82 Å². The van der Waals surface area contributed by atoms with E-state index in [-0.39, 0.29) is 0 Å². The first-order valence-electron chi connectivity index (χ1n) is 9.96. The third-order valence-corrected chi connectivity index (χ3v) is 5.16. The normalized spacial score (nSPS) is 14.8. The lowest BCUT2D eigenvalue weighted by Gasteiger charge is -2.35. The highest BCUT2D eigenvalue weighted by Gasteiger charge is 2.22. The highest BCUT2D eigenvalue weighted by atomic mass is 16.5. The summed E-state index contributed by atoms with van der Waals surface area (Å²) < 4.78 is 5.99. The molecule has 1 aliphatic heterocycles. The number of aryl methyl sites for hydroxylation is 2. The summed E-state index contributed by atoms with van der Waals surface area (Å²) >= 11 is 0. The Hall–Kier alpha value is -3.12. The van der Waals surface area contributed by atoms with Gasteiger partial charge < -0.3 is 15.4 Å². The molecule has 1 fully saturated rings. The Morgan fingerprint density at radius 2 is 1.62 bits per heavy atom. The molecule has 4 rings (SSSR count). The largest absolute Gasteiger partial charge is 0.437 e. The molecule has 2 heterocycles. The molecule has 0 radical (unpaired) electrons. The van der Waals surface area contributed by atoms with E-state index < -0.39 is 0 Å². The van der Waals surface area contributed by atoms with Crippen molar-refractivity contribution in [2.24, 2.45) is 0 Å². The molecular formula is C23H27N5O. The number of ether oxygens (including phenoxy) is 1. The van der Waals surface area contributed by atoms with Crippen molar-refractivity contribution >= 4 is 11.5 Å². The van der Waals surface area contributed by atoms with Crippen molar-refractivity contribution in [3.05, 3.63) is 71.5 Å². The van der Waals surface area contributed by atoms with E-state index in [0.717, 1.165) is 55.4 Å². The molecule has 1 aromatic heterocycles. The molecule has 1 aliphatic rings. The molecule has 0 aliphatic carbocycles. The zero-order chi connectivity index (χ0) is 20.2. The van der Waals surface area contributed by atoms with E-state index in [2.05, 4.69) is 56.2 Å². The van der Waals surface area contributed by atoms with E-state index in [1.165, 1.54) is 11.9 Å². The van der Waals surface area contributed by atoms with E-state index in [9.17, 15) is 0 Å². The third kappa shape index (κ3) is 4.66. The summed E-state index contributed by atoms with van der Waals surface area (Å²) in [6, 6.07) is 16.6. The zero-order valence-electron chi connectivity index (χ0n) is 17.0. The predicted molar refractivity (Wildman–Crippen MR) is 116 cm³/mol. The molecule has 150 valence electrons. The van der Waals surface area contributed by atoms with Crippen LogP contribution in [0.2, 0.25) is 0 Å². The number of rotatable bonds is 5. The monoisotopic (exact) mass is 389 g/mol. The Bertz CT molecular complexity index is 948. The molecule has 0 amide bonds. The van der Waals surface area contributed by atoms with Crippen LogP contribution in [0.15, 0.2) is 54.9 Å². The molecule has 2 aromatic carbocycles. The van der Waals surface area contributed by atoms with Gasteiger partial charge in [0.25, 0.3) is 0 Å². The van der Waals surface area contributed by atoms with Crippen LogP contribution in [-0.4, -0.2) is 41.0 Å². The first-order chi connectivity index (χ1) is 14.1. The van der Waals surface area contributed by atoms with Crippen molar-refractivity contribution in [1.29, 1.82) is 0 Å². The van der Waals surface area contributed by atoms with Crippen LogP contribution < -0.4 is 15.4 Å². The molecular weight excluding hydrogens is 362 g/mol. The Labute approximate surface area is 172 Å². The number of benzene rings is 2. The van der Waals surface area contributed by atoms with Crippen LogP contribution in [0.5, 0.6) is 11.6 Å². The van der Waals surface area contributed by atoms with Crippen LogP contribution in [0.4, 0.5) is 11.5 Å². The second-order valence-corrected chi connectivity index (χ2v) is 7.59. The van der Waals surface area contributed by atoms with Crippen LogP contribution in [0.25, 0.3) is 0 Å². The van der Waals surface area contributed by atoms with Gasteiger partial charge in [0.2, 0.25) is 5.88 Å². The molecule has 3 aromatic rings. The Morgan fingerprint density at radius 1 is 0.931 bits per heavy atom. The van der Waals surface area contributed by atoms with Gasteiger partial charge in [-0.1, -0.05) is 36.4 Å². The maximum atomic E-state index is 6.39. The minimum absolute atomic E-state index is 0.409. The van der Waals surface area contributed by atoms with Gasteiger partial charge in [0, 0.05) is 32.7 Å². The summed E-state index contributed by atoms with van der Waals surface area (Å²) in [5.74, 6) is 1.90. The topological polar surface area (TPSA) is 67.5 Å². The Morgan fingerprint density at radius 3 is 2.31 bits per heavy atom. The van der Waals surface area contributed by atoms with Gasteiger partial charge in [0.05, 0.1) is 0 Å². The van der Waals surface area contributed by atoms with E-state index in [4.69, 9.17) is 10.5 Å². The molecule has 2 N–H and O–H groups in total. The van der Waals surface area contributed by atoms with Crippen LogP contribution in [-0.2, 0) is 6.54 Å². The summed E-state index contributed by atoms with van der Waals surface area (Å²) in [6.45, 7) is 8.73. The molecule has 6 heteroatoms. The highest BCUT2D eigenvalue weighted by molar-refractivity contribution is 5.68. The van der Waals surface area contributed by atoms with E-state index >= 15 is 0 Å². The number of nitrogen functional groups attached to an aromatic ring is 1. The van der Waals surface area contributed by atoms with Gasteiger partial charge in [-0.2, -0.15) is 4.98 Å². The second-order valence-electron chi connectivity index (χ2n) is 7.59. The fourth-order valence-electron chi connectivity index (χ4n) is 3.77. The van der Waals surface area contributed by atoms with Crippen LogP contribution in [0.3, 0.4) is 0 Å². The molecule has 0 bridgehead atoms. The van der Waals surface area contributed by atoms with Crippen LogP contribution in [0, 0.1) is 13.8 Å².